The first-order chi connectivity index (χ1) is 5.20. The predicted molar refractivity (Wildman–Crippen MR) is 34.7 cm³/mol. The molecule has 2 aliphatic rings. The Hall–Kier alpha value is -0.190. The smallest absolute Gasteiger partial charge is 0.189 e. The number of fused-ring (bicyclic) bond motifs is 2. The Balaban J connectivity index is 2.16. The van der Waals surface area contributed by atoms with Crippen LogP contribution in [0.2, 0.25) is 0 Å². The van der Waals surface area contributed by atoms with Gasteiger partial charge in [-0.05, 0) is 0 Å². The van der Waals surface area contributed by atoms with Crippen molar-refractivity contribution in [2.75, 3.05) is 6.61 Å². The summed E-state index contributed by atoms with van der Waals surface area (Å²) >= 11 is 0. The first-order valence-corrected chi connectivity index (χ1v) is 3.79. The van der Waals surface area contributed by atoms with E-state index >= 15 is 0 Å². The summed E-state index contributed by atoms with van der Waals surface area (Å²) in [4.78, 5) is 0. The Bertz CT molecular complexity index is 144. The normalized spacial score (nSPS) is 56.5. The Morgan fingerprint density at radius 1 is 1.55 bits per heavy atom. The Labute approximate surface area is 64.1 Å². The van der Waals surface area contributed by atoms with Gasteiger partial charge in [-0.3, -0.25) is 0 Å². The minimum Gasteiger partial charge on any atom is -0.390 e. The second-order valence-corrected chi connectivity index (χ2v) is 3.17. The second-order valence-electron chi connectivity index (χ2n) is 3.17. The van der Waals surface area contributed by atoms with Crippen LogP contribution in [0.5, 0.6) is 0 Å². The maximum atomic E-state index is 13.1. The van der Waals surface area contributed by atoms with Crippen LogP contribution in [0.15, 0.2) is 0 Å². The molecule has 2 fully saturated rings. The largest absolute Gasteiger partial charge is 0.390 e. The van der Waals surface area contributed by atoms with Gasteiger partial charge in [0.2, 0.25) is 0 Å². The maximum absolute atomic E-state index is 13.1. The van der Waals surface area contributed by atoms with E-state index in [0.29, 0.717) is 6.61 Å². The summed E-state index contributed by atoms with van der Waals surface area (Å²) in [6.07, 6.45) is -2.96. The molecule has 0 unspecified atom stereocenters. The Morgan fingerprint density at radius 3 is 3.00 bits per heavy atom. The lowest BCUT2D eigenvalue weighted by Gasteiger charge is -2.32. The van der Waals surface area contributed by atoms with E-state index in [4.69, 9.17) is 9.47 Å². The van der Waals surface area contributed by atoms with Crippen molar-refractivity contribution in [1.29, 1.82) is 0 Å². The molecule has 0 spiro atoms. The maximum Gasteiger partial charge on any atom is 0.189 e. The fourth-order valence-corrected chi connectivity index (χ4v) is 1.56. The quantitative estimate of drug-likeness (QED) is 0.548. The highest BCUT2D eigenvalue weighted by Crippen LogP contribution is 2.33. The standard InChI is InChI=1S/C7H11FO3/c1-3-5(8)7-10-2-4(11-7)6(3)9/h3-7,9H,2H2,1H3/t3-,4+,5-,6+,7+/m1/s1. The highest BCUT2D eigenvalue weighted by Gasteiger charge is 2.48. The van der Waals surface area contributed by atoms with Crippen LogP contribution in [0, 0.1) is 5.92 Å². The summed E-state index contributed by atoms with van der Waals surface area (Å²) in [5.74, 6) is -0.374. The predicted octanol–water partition coefficient (Wildman–Crippen LogP) is 0.0766. The lowest BCUT2D eigenvalue weighted by atomic mass is 9.93. The zero-order valence-electron chi connectivity index (χ0n) is 6.24. The minimum absolute atomic E-state index is 0.316. The molecule has 5 atom stereocenters. The number of ether oxygens (including phenoxy) is 2. The number of hydrogen-bond acceptors (Lipinski definition) is 3. The molecule has 0 aromatic carbocycles. The van der Waals surface area contributed by atoms with Crippen molar-refractivity contribution < 1.29 is 19.0 Å². The zero-order valence-corrected chi connectivity index (χ0v) is 6.24. The summed E-state index contributed by atoms with van der Waals surface area (Å²) in [7, 11) is 0. The number of hydrogen-bond donors (Lipinski definition) is 1. The molecular formula is C7H11FO3. The van der Waals surface area contributed by atoms with Gasteiger partial charge in [0.05, 0.1) is 12.7 Å². The summed E-state index contributed by atoms with van der Waals surface area (Å²) in [6, 6.07) is 0. The van der Waals surface area contributed by atoms with Crippen molar-refractivity contribution in [3.63, 3.8) is 0 Å². The first kappa shape index (κ1) is 7.46. The lowest BCUT2D eigenvalue weighted by molar-refractivity contribution is -0.183. The molecule has 0 radical (unpaired) electrons. The van der Waals surface area contributed by atoms with E-state index in [0.717, 1.165) is 0 Å². The molecule has 11 heavy (non-hydrogen) atoms. The van der Waals surface area contributed by atoms with Gasteiger partial charge in [0.15, 0.2) is 12.5 Å². The molecule has 0 aromatic rings. The zero-order chi connectivity index (χ0) is 8.01. The van der Waals surface area contributed by atoms with Crippen molar-refractivity contribution in [2.45, 2.75) is 31.6 Å². The molecule has 2 heterocycles. The fourth-order valence-electron chi connectivity index (χ4n) is 1.56. The van der Waals surface area contributed by atoms with Crippen LogP contribution in [0.1, 0.15) is 6.92 Å². The highest BCUT2D eigenvalue weighted by atomic mass is 19.1. The van der Waals surface area contributed by atoms with Gasteiger partial charge >= 0.3 is 0 Å². The first-order valence-electron chi connectivity index (χ1n) is 3.79. The number of rotatable bonds is 0. The van der Waals surface area contributed by atoms with E-state index in [1.807, 2.05) is 0 Å². The lowest BCUT2D eigenvalue weighted by Crippen LogP contribution is -2.46. The van der Waals surface area contributed by atoms with Crippen LogP contribution in [0.25, 0.3) is 0 Å². The average molecular weight is 162 g/mol. The summed E-state index contributed by atoms with van der Waals surface area (Å²) < 4.78 is 23.1. The van der Waals surface area contributed by atoms with Gasteiger partial charge in [0.1, 0.15) is 6.10 Å². The van der Waals surface area contributed by atoms with Crippen molar-refractivity contribution in [2.24, 2.45) is 5.92 Å². The van der Waals surface area contributed by atoms with Gasteiger partial charge in [-0.25, -0.2) is 4.39 Å². The van der Waals surface area contributed by atoms with E-state index in [1.165, 1.54) is 0 Å². The van der Waals surface area contributed by atoms with E-state index in [-0.39, 0.29) is 12.0 Å². The topological polar surface area (TPSA) is 38.7 Å². The Morgan fingerprint density at radius 2 is 2.27 bits per heavy atom. The molecule has 2 rings (SSSR count). The molecule has 4 heteroatoms. The van der Waals surface area contributed by atoms with Crippen LogP contribution in [-0.2, 0) is 9.47 Å². The number of aliphatic hydroxyl groups excluding tert-OH is 1. The SMILES string of the molecule is C[C@H]1[C@H](O)[C@@H]2CO[C@@H](O2)[C@@H]1F. The highest BCUT2D eigenvalue weighted by molar-refractivity contribution is 4.90. The van der Waals surface area contributed by atoms with E-state index in [2.05, 4.69) is 0 Å². The van der Waals surface area contributed by atoms with Gasteiger partial charge in [0.25, 0.3) is 0 Å². The summed E-state index contributed by atoms with van der Waals surface area (Å²) in [5.41, 5.74) is 0. The average Bonchev–Trinajstić information content (AvgIpc) is 2.44. The molecule has 0 amide bonds. The van der Waals surface area contributed by atoms with Gasteiger partial charge < -0.3 is 14.6 Å². The van der Waals surface area contributed by atoms with E-state index in [9.17, 15) is 9.50 Å². The molecule has 2 bridgehead atoms. The van der Waals surface area contributed by atoms with Crippen LogP contribution >= 0.6 is 0 Å². The monoisotopic (exact) mass is 162 g/mol. The van der Waals surface area contributed by atoms with Crippen LogP contribution in [0.3, 0.4) is 0 Å². The molecule has 2 aliphatic heterocycles. The van der Waals surface area contributed by atoms with Crippen molar-refractivity contribution >= 4 is 0 Å². The third kappa shape index (κ3) is 0.972. The molecule has 3 nitrogen and oxygen atoms in total. The summed E-state index contributed by atoms with van der Waals surface area (Å²) in [6.45, 7) is 1.99. The van der Waals surface area contributed by atoms with Crippen molar-refractivity contribution in [3.8, 4) is 0 Å². The Kier molecular flexibility index (Phi) is 1.63. The van der Waals surface area contributed by atoms with Gasteiger partial charge in [0, 0.05) is 5.92 Å². The number of aliphatic hydroxyl groups is 1. The molecule has 1 N–H and O–H groups in total. The molecule has 0 saturated carbocycles. The van der Waals surface area contributed by atoms with Crippen molar-refractivity contribution in [3.05, 3.63) is 0 Å². The van der Waals surface area contributed by atoms with Gasteiger partial charge in [-0.1, -0.05) is 6.92 Å². The van der Waals surface area contributed by atoms with Gasteiger partial charge in [-0.2, -0.15) is 0 Å². The van der Waals surface area contributed by atoms with Crippen molar-refractivity contribution in [1.82, 2.24) is 0 Å². The molecule has 64 valence electrons. The molecular weight excluding hydrogens is 151 g/mol. The fraction of sp³-hybridized carbons (Fsp3) is 1.00. The molecule has 0 aromatic heterocycles. The van der Waals surface area contributed by atoms with Crippen LogP contribution < -0.4 is 0 Å². The number of halogens is 1. The summed E-state index contributed by atoms with van der Waals surface area (Å²) in [5, 5.41) is 9.39. The molecule has 2 saturated heterocycles. The number of alkyl halides is 1. The van der Waals surface area contributed by atoms with E-state index < -0.39 is 18.6 Å². The van der Waals surface area contributed by atoms with Crippen LogP contribution in [0.4, 0.5) is 4.39 Å². The third-order valence-electron chi connectivity index (χ3n) is 2.42. The van der Waals surface area contributed by atoms with Gasteiger partial charge in [-0.15, -0.1) is 0 Å². The minimum atomic E-state index is -1.19. The van der Waals surface area contributed by atoms with E-state index in [1.54, 1.807) is 6.92 Å². The molecule has 0 aliphatic carbocycles. The second kappa shape index (κ2) is 2.40. The third-order valence-corrected chi connectivity index (χ3v) is 2.42. The van der Waals surface area contributed by atoms with Crippen LogP contribution in [-0.4, -0.2) is 36.4 Å².